The molecular formula is C11H17NO. The van der Waals surface area contributed by atoms with Crippen molar-refractivity contribution >= 4 is 5.78 Å². The van der Waals surface area contributed by atoms with Crippen molar-refractivity contribution in [3.8, 4) is 0 Å². The van der Waals surface area contributed by atoms with Gasteiger partial charge < -0.3 is 0 Å². The van der Waals surface area contributed by atoms with Crippen LogP contribution in [-0.4, -0.2) is 29.3 Å². The Morgan fingerprint density at radius 1 is 1.08 bits per heavy atom. The van der Waals surface area contributed by atoms with E-state index in [-0.39, 0.29) is 0 Å². The fourth-order valence-corrected chi connectivity index (χ4v) is 2.96. The van der Waals surface area contributed by atoms with Crippen LogP contribution in [0.4, 0.5) is 0 Å². The largest absolute Gasteiger partial charge is 0.300 e. The van der Waals surface area contributed by atoms with Crippen molar-refractivity contribution in [2.75, 3.05) is 6.54 Å². The molecule has 2 aliphatic heterocycles. The summed E-state index contributed by atoms with van der Waals surface area (Å²) in [6.07, 6.45) is 7.13. The lowest BCUT2D eigenvalue weighted by molar-refractivity contribution is -0.123. The van der Waals surface area contributed by atoms with Crippen LogP contribution in [0.1, 0.15) is 38.5 Å². The lowest BCUT2D eigenvalue weighted by atomic mass is 10.0. The van der Waals surface area contributed by atoms with E-state index in [1.54, 1.807) is 0 Å². The number of nitrogens with zero attached hydrogens (tertiary/aromatic N) is 1. The highest BCUT2D eigenvalue weighted by molar-refractivity contribution is 5.80. The third-order valence-corrected chi connectivity index (χ3v) is 3.86. The number of carbonyl (C=O) groups excluding carboxylic acids is 1. The molecule has 0 unspecified atom stereocenters. The first kappa shape index (κ1) is 7.98. The van der Waals surface area contributed by atoms with E-state index in [9.17, 15) is 4.79 Å². The Bertz CT molecular complexity index is 218. The number of hydrogen-bond donors (Lipinski definition) is 0. The van der Waals surface area contributed by atoms with E-state index >= 15 is 0 Å². The molecular weight excluding hydrogens is 162 g/mol. The number of fused-ring (bicyclic) bond motifs is 2. The molecule has 3 aliphatic rings. The first-order chi connectivity index (χ1) is 6.33. The van der Waals surface area contributed by atoms with Gasteiger partial charge in [0.2, 0.25) is 0 Å². The van der Waals surface area contributed by atoms with Crippen LogP contribution in [0.15, 0.2) is 0 Å². The van der Waals surface area contributed by atoms with Crippen LogP contribution < -0.4 is 0 Å². The van der Waals surface area contributed by atoms with Gasteiger partial charge in [0.1, 0.15) is 5.78 Å². The second-order valence-electron chi connectivity index (χ2n) is 4.97. The van der Waals surface area contributed by atoms with Crippen molar-refractivity contribution in [2.24, 2.45) is 5.92 Å². The highest BCUT2D eigenvalue weighted by atomic mass is 16.1. The van der Waals surface area contributed by atoms with E-state index in [4.69, 9.17) is 0 Å². The standard InChI is InChI=1S/C11H17NO/c13-11-5-9-3-4-10(6-11)12(9)7-8-1-2-8/h8-10H,1-7H2/t9-,10-/m1/s1. The summed E-state index contributed by atoms with van der Waals surface area (Å²) in [5.41, 5.74) is 0. The third-order valence-electron chi connectivity index (χ3n) is 3.86. The molecule has 2 atom stereocenters. The van der Waals surface area contributed by atoms with Gasteiger partial charge in [-0.15, -0.1) is 0 Å². The van der Waals surface area contributed by atoms with Crippen molar-refractivity contribution in [1.29, 1.82) is 0 Å². The monoisotopic (exact) mass is 179 g/mol. The Morgan fingerprint density at radius 3 is 2.23 bits per heavy atom. The minimum Gasteiger partial charge on any atom is -0.300 e. The number of carbonyl (C=O) groups is 1. The Morgan fingerprint density at radius 2 is 1.69 bits per heavy atom. The summed E-state index contributed by atoms with van der Waals surface area (Å²) in [6, 6.07) is 1.26. The van der Waals surface area contributed by atoms with Gasteiger partial charge in [-0.2, -0.15) is 0 Å². The second kappa shape index (κ2) is 2.81. The summed E-state index contributed by atoms with van der Waals surface area (Å²) in [6.45, 7) is 1.29. The second-order valence-corrected chi connectivity index (χ2v) is 4.97. The zero-order valence-corrected chi connectivity index (χ0v) is 8.04. The van der Waals surface area contributed by atoms with E-state index in [0.717, 1.165) is 18.8 Å². The van der Waals surface area contributed by atoms with Crippen molar-refractivity contribution in [2.45, 2.75) is 50.6 Å². The maximum atomic E-state index is 11.3. The predicted octanol–water partition coefficient (Wildman–Crippen LogP) is 1.59. The Hall–Kier alpha value is -0.370. The van der Waals surface area contributed by atoms with Crippen LogP contribution in [0.3, 0.4) is 0 Å². The average Bonchev–Trinajstić information content (AvgIpc) is 2.83. The molecule has 13 heavy (non-hydrogen) atoms. The maximum Gasteiger partial charge on any atom is 0.136 e. The third kappa shape index (κ3) is 1.41. The molecule has 2 saturated heterocycles. The van der Waals surface area contributed by atoms with E-state index in [1.165, 1.54) is 32.2 Å². The molecule has 72 valence electrons. The van der Waals surface area contributed by atoms with Gasteiger partial charge in [-0.1, -0.05) is 0 Å². The molecule has 0 radical (unpaired) electrons. The SMILES string of the molecule is O=C1C[C@H]2CC[C@H](C1)N2CC1CC1. The Balaban J connectivity index is 1.70. The van der Waals surface area contributed by atoms with Gasteiger partial charge in [0.15, 0.2) is 0 Å². The van der Waals surface area contributed by atoms with Crippen molar-refractivity contribution < 1.29 is 4.79 Å². The Labute approximate surface area is 79.3 Å². The van der Waals surface area contributed by atoms with Crippen LogP contribution in [0.25, 0.3) is 0 Å². The molecule has 0 N–H and O–H groups in total. The molecule has 0 spiro atoms. The van der Waals surface area contributed by atoms with Crippen LogP contribution in [-0.2, 0) is 4.79 Å². The minimum atomic E-state index is 0.513. The van der Waals surface area contributed by atoms with Gasteiger partial charge >= 0.3 is 0 Å². The first-order valence-electron chi connectivity index (χ1n) is 5.60. The normalized spacial score (nSPS) is 39.8. The van der Waals surface area contributed by atoms with Crippen molar-refractivity contribution in [3.05, 3.63) is 0 Å². The topological polar surface area (TPSA) is 20.3 Å². The summed E-state index contributed by atoms with van der Waals surface area (Å²) in [5.74, 6) is 1.50. The molecule has 3 fully saturated rings. The van der Waals surface area contributed by atoms with Gasteiger partial charge in [0.05, 0.1) is 0 Å². The summed E-state index contributed by atoms with van der Waals surface area (Å²) < 4.78 is 0. The molecule has 2 heterocycles. The number of ketones is 1. The van der Waals surface area contributed by atoms with Gasteiger partial charge in [0.25, 0.3) is 0 Å². The molecule has 2 nitrogen and oxygen atoms in total. The molecule has 1 saturated carbocycles. The van der Waals surface area contributed by atoms with E-state index < -0.39 is 0 Å². The summed E-state index contributed by atoms with van der Waals surface area (Å²) >= 11 is 0. The molecule has 0 aromatic rings. The van der Waals surface area contributed by atoms with Crippen LogP contribution in [0, 0.1) is 5.92 Å². The lowest BCUT2D eigenvalue weighted by Crippen LogP contribution is -2.44. The van der Waals surface area contributed by atoms with Crippen LogP contribution in [0.2, 0.25) is 0 Å². The zero-order chi connectivity index (χ0) is 8.84. The predicted molar refractivity (Wildman–Crippen MR) is 50.5 cm³/mol. The summed E-state index contributed by atoms with van der Waals surface area (Å²) in [5, 5.41) is 0. The van der Waals surface area contributed by atoms with Gasteiger partial charge in [0, 0.05) is 31.5 Å². The van der Waals surface area contributed by atoms with E-state index in [2.05, 4.69) is 4.90 Å². The summed E-state index contributed by atoms with van der Waals surface area (Å²) in [7, 11) is 0. The smallest absolute Gasteiger partial charge is 0.136 e. The fourth-order valence-electron chi connectivity index (χ4n) is 2.96. The first-order valence-corrected chi connectivity index (χ1v) is 5.60. The molecule has 0 aromatic carbocycles. The van der Waals surface area contributed by atoms with Gasteiger partial charge in [-0.25, -0.2) is 0 Å². The minimum absolute atomic E-state index is 0.513. The average molecular weight is 179 g/mol. The Kier molecular flexibility index (Phi) is 1.72. The van der Waals surface area contributed by atoms with Crippen molar-refractivity contribution in [1.82, 2.24) is 4.90 Å². The zero-order valence-electron chi connectivity index (χ0n) is 8.04. The molecule has 0 amide bonds. The molecule has 3 rings (SSSR count). The lowest BCUT2D eigenvalue weighted by Gasteiger charge is -2.33. The summed E-state index contributed by atoms with van der Waals surface area (Å²) in [4.78, 5) is 14.0. The fraction of sp³-hybridized carbons (Fsp3) is 0.909. The molecule has 1 aliphatic carbocycles. The van der Waals surface area contributed by atoms with Crippen molar-refractivity contribution in [3.63, 3.8) is 0 Å². The highest BCUT2D eigenvalue weighted by Gasteiger charge is 2.41. The van der Waals surface area contributed by atoms with Gasteiger partial charge in [-0.05, 0) is 31.6 Å². The van der Waals surface area contributed by atoms with E-state index in [1.807, 2.05) is 0 Å². The number of piperidine rings is 1. The maximum absolute atomic E-state index is 11.3. The number of Topliss-reactive ketones (excluding diaryl/α,β-unsaturated/α-hetero) is 1. The van der Waals surface area contributed by atoms with Crippen LogP contribution in [0.5, 0.6) is 0 Å². The van der Waals surface area contributed by atoms with Crippen LogP contribution >= 0.6 is 0 Å². The van der Waals surface area contributed by atoms with E-state index in [0.29, 0.717) is 17.9 Å². The molecule has 0 aromatic heterocycles. The quantitative estimate of drug-likeness (QED) is 0.641. The highest BCUT2D eigenvalue weighted by Crippen LogP contribution is 2.38. The number of rotatable bonds is 2. The van der Waals surface area contributed by atoms with Gasteiger partial charge in [-0.3, -0.25) is 9.69 Å². The molecule has 2 bridgehead atoms. The number of hydrogen-bond acceptors (Lipinski definition) is 2. The molecule has 2 heteroatoms.